The highest BCUT2D eigenvalue weighted by Crippen LogP contribution is 2.21. The molecular formula is C8H7N3O3S. The molecule has 1 aromatic rings. The number of aliphatic hydroxyl groups excluding tert-OH is 1. The highest BCUT2D eigenvalue weighted by atomic mass is 32.2. The number of nitro groups is 1. The summed E-state index contributed by atoms with van der Waals surface area (Å²) >= 11 is 1.24. The topological polar surface area (TPSA) is 100 Å². The number of aliphatic hydroxyl groups is 1. The fraction of sp³-hybridized carbons (Fsp3) is 0.250. The van der Waals surface area contributed by atoms with E-state index in [2.05, 4.69) is 4.98 Å². The first-order chi connectivity index (χ1) is 7.19. The Balaban J connectivity index is 2.98. The van der Waals surface area contributed by atoms with E-state index in [1.807, 2.05) is 0 Å². The third-order valence-electron chi connectivity index (χ3n) is 1.49. The van der Waals surface area contributed by atoms with Crippen LogP contribution in [0, 0.1) is 21.4 Å². The van der Waals surface area contributed by atoms with Crippen LogP contribution in [-0.2, 0) is 0 Å². The molecule has 0 aliphatic rings. The molecule has 0 bridgehead atoms. The fourth-order valence-electron chi connectivity index (χ4n) is 0.894. The fourth-order valence-corrected chi connectivity index (χ4v) is 1.51. The molecule has 0 spiro atoms. The van der Waals surface area contributed by atoms with Crippen molar-refractivity contribution in [3.8, 4) is 6.07 Å². The van der Waals surface area contributed by atoms with Gasteiger partial charge in [-0.05, 0) is 6.07 Å². The van der Waals surface area contributed by atoms with E-state index >= 15 is 0 Å². The molecule has 78 valence electrons. The summed E-state index contributed by atoms with van der Waals surface area (Å²) in [5.74, 6) is 0.440. The number of thioether (sulfide) groups is 1. The minimum absolute atomic E-state index is 0.00871. The number of aromatic nitrogens is 1. The SMILES string of the molecule is N#Cc1nc(SCCO)ccc1[N+](=O)[O-]. The normalized spacial score (nSPS) is 9.60. The lowest BCUT2D eigenvalue weighted by atomic mass is 10.3. The second-order valence-corrected chi connectivity index (χ2v) is 3.57. The van der Waals surface area contributed by atoms with Crippen LogP contribution >= 0.6 is 11.8 Å². The van der Waals surface area contributed by atoms with Gasteiger partial charge < -0.3 is 5.11 Å². The Labute approximate surface area is 89.7 Å². The monoisotopic (exact) mass is 225 g/mol. The summed E-state index contributed by atoms with van der Waals surface area (Å²) in [7, 11) is 0. The molecule has 0 fully saturated rings. The van der Waals surface area contributed by atoms with E-state index in [-0.39, 0.29) is 18.0 Å². The molecule has 6 nitrogen and oxygen atoms in total. The van der Waals surface area contributed by atoms with Crippen LogP contribution in [0.5, 0.6) is 0 Å². The third kappa shape index (κ3) is 2.90. The minimum atomic E-state index is -0.647. The maximum atomic E-state index is 10.5. The first-order valence-corrected chi connectivity index (χ1v) is 4.96. The number of hydrogen-bond donors (Lipinski definition) is 1. The van der Waals surface area contributed by atoms with Gasteiger partial charge in [-0.2, -0.15) is 5.26 Å². The van der Waals surface area contributed by atoms with E-state index in [0.717, 1.165) is 0 Å². The molecule has 1 heterocycles. The van der Waals surface area contributed by atoms with Crippen molar-refractivity contribution in [2.75, 3.05) is 12.4 Å². The van der Waals surface area contributed by atoms with E-state index in [9.17, 15) is 10.1 Å². The average Bonchev–Trinajstić information content (AvgIpc) is 2.25. The lowest BCUT2D eigenvalue weighted by molar-refractivity contribution is -0.385. The molecule has 0 saturated heterocycles. The molecule has 1 rings (SSSR count). The quantitative estimate of drug-likeness (QED) is 0.465. The van der Waals surface area contributed by atoms with Gasteiger partial charge in [0.2, 0.25) is 5.69 Å². The highest BCUT2D eigenvalue weighted by molar-refractivity contribution is 7.99. The van der Waals surface area contributed by atoms with Gasteiger partial charge in [-0.15, -0.1) is 11.8 Å². The zero-order chi connectivity index (χ0) is 11.3. The van der Waals surface area contributed by atoms with Crippen molar-refractivity contribution in [1.82, 2.24) is 4.98 Å². The molecule has 0 aliphatic carbocycles. The predicted molar refractivity (Wildman–Crippen MR) is 53.4 cm³/mol. The van der Waals surface area contributed by atoms with Crippen LogP contribution in [0.2, 0.25) is 0 Å². The number of rotatable bonds is 4. The molecule has 0 aliphatic heterocycles. The number of nitriles is 1. The second-order valence-electron chi connectivity index (χ2n) is 2.46. The van der Waals surface area contributed by atoms with Gasteiger partial charge in [0, 0.05) is 11.8 Å². The van der Waals surface area contributed by atoms with Crippen molar-refractivity contribution >= 4 is 17.4 Å². The van der Waals surface area contributed by atoms with Crippen molar-refractivity contribution < 1.29 is 10.0 Å². The van der Waals surface area contributed by atoms with Crippen LogP contribution in [0.4, 0.5) is 5.69 Å². The first kappa shape index (κ1) is 11.4. The van der Waals surface area contributed by atoms with Crippen LogP contribution in [0.3, 0.4) is 0 Å². The van der Waals surface area contributed by atoms with E-state index in [0.29, 0.717) is 10.8 Å². The Morgan fingerprint density at radius 2 is 2.40 bits per heavy atom. The molecule has 7 heteroatoms. The largest absolute Gasteiger partial charge is 0.396 e. The lowest BCUT2D eigenvalue weighted by Crippen LogP contribution is -1.96. The molecule has 15 heavy (non-hydrogen) atoms. The minimum Gasteiger partial charge on any atom is -0.396 e. The van der Waals surface area contributed by atoms with Gasteiger partial charge in [0.15, 0.2) is 0 Å². The van der Waals surface area contributed by atoms with Gasteiger partial charge in [-0.1, -0.05) is 0 Å². The third-order valence-corrected chi connectivity index (χ3v) is 2.40. The number of pyridine rings is 1. The summed E-state index contributed by atoms with van der Waals surface area (Å²) in [6, 6.07) is 4.36. The molecule has 0 saturated carbocycles. The molecule has 0 amide bonds. The Morgan fingerprint density at radius 3 is 2.93 bits per heavy atom. The molecular weight excluding hydrogens is 218 g/mol. The van der Waals surface area contributed by atoms with Crippen LogP contribution in [-0.4, -0.2) is 27.4 Å². The van der Waals surface area contributed by atoms with Crippen LogP contribution < -0.4 is 0 Å². The zero-order valence-electron chi connectivity index (χ0n) is 7.58. The Morgan fingerprint density at radius 1 is 1.67 bits per heavy atom. The van der Waals surface area contributed by atoms with Crippen molar-refractivity contribution in [2.45, 2.75) is 5.03 Å². The van der Waals surface area contributed by atoms with E-state index in [4.69, 9.17) is 10.4 Å². The van der Waals surface area contributed by atoms with Crippen LogP contribution in [0.15, 0.2) is 17.2 Å². The lowest BCUT2D eigenvalue weighted by Gasteiger charge is -1.99. The van der Waals surface area contributed by atoms with Gasteiger partial charge >= 0.3 is 5.69 Å². The maximum Gasteiger partial charge on any atom is 0.305 e. The van der Waals surface area contributed by atoms with Crippen molar-refractivity contribution in [3.05, 3.63) is 27.9 Å². The molecule has 0 atom stereocenters. The van der Waals surface area contributed by atoms with Gasteiger partial charge in [-0.25, -0.2) is 4.98 Å². The number of hydrogen-bond acceptors (Lipinski definition) is 6. The highest BCUT2D eigenvalue weighted by Gasteiger charge is 2.15. The second kappa shape index (κ2) is 5.29. The molecule has 0 unspecified atom stereocenters. The van der Waals surface area contributed by atoms with E-state index < -0.39 is 4.92 Å². The summed E-state index contributed by atoms with van der Waals surface area (Å²) in [6.45, 7) is -0.00871. The molecule has 0 aromatic carbocycles. The van der Waals surface area contributed by atoms with Crippen molar-refractivity contribution in [3.63, 3.8) is 0 Å². The van der Waals surface area contributed by atoms with Gasteiger partial charge in [-0.3, -0.25) is 10.1 Å². The summed E-state index contributed by atoms with van der Waals surface area (Å²) in [4.78, 5) is 13.6. The van der Waals surface area contributed by atoms with Crippen molar-refractivity contribution in [2.24, 2.45) is 0 Å². The molecule has 1 N–H and O–H groups in total. The smallest absolute Gasteiger partial charge is 0.305 e. The first-order valence-electron chi connectivity index (χ1n) is 3.98. The standard InChI is InChI=1S/C8H7N3O3S/c9-5-6-7(11(13)14)1-2-8(10-6)15-4-3-12/h1-2,12H,3-4H2. The molecule has 1 aromatic heterocycles. The van der Waals surface area contributed by atoms with Crippen LogP contribution in [0.1, 0.15) is 5.69 Å². The molecule has 0 radical (unpaired) electrons. The van der Waals surface area contributed by atoms with Crippen molar-refractivity contribution in [1.29, 1.82) is 5.26 Å². The van der Waals surface area contributed by atoms with Crippen LogP contribution in [0.25, 0.3) is 0 Å². The van der Waals surface area contributed by atoms with Gasteiger partial charge in [0.25, 0.3) is 0 Å². The van der Waals surface area contributed by atoms with E-state index in [1.165, 1.54) is 23.9 Å². The Kier molecular flexibility index (Phi) is 4.03. The van der Waals surface area contributed by atoms with E-state index in [1.54, 1.807) is 6.07 Å². The Bertz CT molecular complexity index is 416. The van der Waals surface area contributed by atoms with Gasteiger partial charge in [0.05, 0.1) is 16.6 Å². The Hall–Kier alpha value is -1.65. The summed E-state index contributed by atoms with van der Waals surface area (Å²) < 4.78 is 0. The summed E-state index contributed by atoms with van der Waals surface area (Å²) in [5, 5.41) is 28.2. The number of nitrogens with zero attached hydrogens (tertiary/aromatic N) is 3. The summed E-state index contributed by atoms with van der Waals surface area (Å²) in [6.07, 6.45) is 0. The average molecular weight is 225 g/mol. The predicted octanol–water partition coefficient (Wildman–Crippen LogP) is 0.946. The zero-order valence-corrected chi connectivity index (χ0v) is 8.40. The maximum absolute atomic E-state index is 10.5. The van der Waals surface area contributed by atoms with Gasteiger partial charge in [0.1, 0.15) is 6.07 Å². The summed E-state index contributed by atoms with van der Waals surface area (Å²) in [5.41, 5.74) is -0.506.